The van der Waals surface area contributed by atoms with E-state index in [-0.39, 0.29) is 5.82 Å². The number of nitro groups is 1. The second-order valence-electron chi connectivity index (χ2n) is 3.11. The lowest BCUT2D eigenvalue weighted by molar-refractivity contribution is -0.389. The van der Waals surface area contributed by atoms with Gasteiger partial charge in [-0.25, -0.2) is 4.79 Å². The Morgan fingerprint density at radius 3 is 2.75 bits per heavy atom. The molecule has 2 N–H and O–H groups in total. The van der Waals surface area contributed by atoms with Gasteiger partial charge in [-0.2, -0.15) is 0 Å². The van der Waals surface area contributed by atoms with Crippen LogP contribution in [0.25, 0.3) is 0 Å². The summed E-state index contributed by atoms with van der Waals surface area (Å²) in [6, 6.07) is 1.93. The number of carbonyl (C=O) groups is 1. The van der Waals surface area contributed by atoms with Crippen LogP contribution in [0.1, 0.15) is 13.3 Å². The van der Waals surface area contributed by atoms with E-state index >= 15 is 0 Å². The van der Waals surface area contributed by atoms with E-state index < -0.39 is 16.9 Å². The van der Waals surface area contributed by atoms with Gasteiger partial charge in [-0.05, 0) is 22.4 Å². The van der Waals surface area contributed by atoms with Crippen LogP contribution in [-0.2, 0) is 4.79 Å². The molecule has 0 radical (unpaired) electrons. The Morgan fingerprint density at radius 1 is 1.69 bits per heavy atom. The maximum atomic E-state index is 10.7. The Bertz CT molecular complexity index is 390. The number of hydrogen-bond acceptors (Lipinski definition) is 5. The molecule has 0 aromatic carbocycles. The Labute approximate surface area is 91.3 Å². The molecule has 1 aromatic rings. The third-order valence-corrected chi connectivity index (χ3v) is 1.98. The van der Waals surface area contributed by atoms with Gasteiger partial charge in [0.25, 0.3) is 0 Å². The number of pyridine rings is 1. The largest absolute Gasteiger partial charge is 0.480 e. The van der Waals surface area contributed by atoms with Gasteiger partial charge in [0.2, 0.25) is 0 Å². The lowest BCUT2D eigenvalue weighted by Crippen LogP contribution is -2.28. The molecule has 7 nitrogen and oxygen atoms in total. The summed E-state index contributed by atoms with van der Waals surface area (Å²) < 4.78 is 0. The Kier molecular flexibility index (Phi) is 3.76. The van der Waals surface area contributed by atoms with Crippen molar-refractivity contribution in [1.29, 1.82) is 0 Å². The average molecular weight is 225 g/mol. The molecule has 0 aliphatic heterocycles. The quantitative estimate of drug-likeness (QED) is 0.577. The lowest BCUT2D eigenvalue weighted by atomic mass is 10.2. The Hall–Kier alpha value is -2.18. The smallest absolute Gasteiger partial charge is 0.363 e. The lowest BCUT2D eigenvalue weighted by Gasteiger charge is -2.11. The summed E-state index contributed by atoms with van der Waals surface area (Å²) in [6.45, 7) is 1.73. The van der Waals surface area contributed by atoms with Gasteiger partial charge in [-0.1, -0.05) is 6.92 Å². The van der Waals surface area contributed by atoms with Gasteiger partial charge in [0.15, 0.2) is 6.20 Å². The number of anilines is 1. The summed E-state index contributed by atoms with van der Waals surface area (Å²) in [5.41, 5.74) is 0.444. The molecule has 0 aliphatic carbocycles. The molecule has 0 fully saturated rings. The van der Waals surface area contributed by atoms with Gasteiger partial charge in [-0.15, -0.1) is 0 Å². The summed E-state index contributed by atoms with van der Waals surface area (Å²) in [4.78, 5) is 24.0. The van der Waals surface area contributed by atoms with Gasteiger partial charge in [0.1, 0.15) is 6.04 Å². The summed E-state index contributed by atoms with van der Waals surface area (Å²) in [5.74, 6) is -1.24. The molecule has 7 heteroatoms. The van der Waals surface area contributed by atoms with E-state index in [1.54, 1.807) is 6.92 Å². The fraction of sp³-hybridized carbons (Fsp3) is 0.333. The highest BCUT2D eigenvalue weighted by molar-refractivity contribution is 5.77. The van der Waals surface area contributed by atoms with Crippen molar-refractivity contribution < 1.29 is 14.8 Å². The first kappa shape index (κ1) is 11.9. The number of carboxylic acids is 1. The molecular formula is C9H11N3O4. The number of rotatable bonds is 5. The van der Waals surface area contributed by atoms with E-state index in [1.165, 1.54) is 18.3 Å². The number of nitrogens with one attached hydrogen (secondary N) is 1. The number of nitrogens with zero attached hydrogens (tertiary/aromatic N) is 2. The molecule has 0 aliphatic rings. The highest BCUT2D eigenvalue weighted by Crippen LogP contribution is 2.13. The standard InChI is InChI=1S/C9H11N3O4/c1-2-7(9(13)14)11-6-3-4-8(10-5-6)12(15)16/h3-5,7,11H,2H2,1H3,(H,13,14). The maximum Gasteiger partial charge on any atom is 0.363 e. The van der Waals surface area contributed by atoms with E-state index in [9.17, 15) is 14.9 Å². The van der Waals surface area contributed by atoms with Crippen LogP contribution in [0.15, 0.2) is 18.3 Å². The van der Waals surface area contributed by atoms with E-state index in [0.29, 0.717) is 12.1 Å². The van der Waals surface area contributed by atoms with Crippen molar-refractivity contribution >= 4 is 17.5 Å². The highest BCUT2D eigenvalue weighted by Gasteiger charge is 2.15. The Balaban J connectivity index is 2.75. The summed E-state index contributed by atoms with van der Waals surface area (Å²) in [5, 5.41) is 21.8. The summed E-state index contributed by atoms with van der Waals surface area (Å²) in [7, 11) is 0. The molecule has 1 atom stereocenters. The van der Waals surface area contributed by atoms with Gasteiger partial charge >= 0.3 is 11.8 Å². The van der Waals surface area contributed by atoms with Crippen LogP contribution in [0.3, 0.4) is 0 Å². The molecular weight excluding hydrogens is 214 g/mol. The summed E-state index contributed by atoms with van der Waals surface area (Å²) in [6.07, 6.45) is 1.65. The predicted octanol–water partition coefficient (Wildman–Crippen LogP) is 1.26. The molecule has 0 spiro atoms. The minimum absolute atomic E-state index is 0.270. The van der Waals surface area contributed by atoms with Gasteiger partial charge in [0, 0.05) is 6.07 Å². The topological polar surface area (TPSA) is 105 Å². The molecule has 0 bridgehead atoms. The second-order valence-corrected chi connectivity index (χ2v) is 3.11. The molecule has 1 unspecified atom stereocenters. The summed E-state index contributed by atoms with van der Waals surface area (Å²) >= 11 is 0. The van der Waals surface area contributed by atoms with Crippen molar-refractivity contribution in [3.05, 3.63) is 28.4 Å². The zero-order chi connectivity index (χ0) is 12.1. The first-order valence-corrected chi connectivity index (χ1v) is 4.64. The van der Waals surface area contributed by atoms with Crippen molar-refractivity contribution in [2.24, 2.45) is 0 Å². The molecule has 0 amide bonds. The van der Waals surface area contributed by atoms with Crippen LogP contribution in [0, 0.1) is 10.1 Å². The van der Waals surface area contributed by atoms with Crippen LogP contribution >= 0.6 is 0 Å². The zero-order valence-corrected chi connectivity index (χ0v) is 8.58. The molecule has 1 heterocycles. The molecule has 16 heavy (non-hydrogen) atoms. The molecule has 1 rings (SSSR count). The minimum Gasteiger partial charge on any atom is -0.480 e. The third-order valence-electron chi connectivity index (χ3n) is 1.98. The number of hydrogen-bond donors (Lipinski definition) is 2. The SMILES string of the molecule is CCC(Nc1ccc([N+](=O)[O-])nc1)C(=O)O. The van der Waals surface area contributed by atoms with E-state index in [2.05, 4.69) is 10.3 Å². The number of aliphatic carboxylic acids is 1. The van der Waals surface area contributed by atoms with E-state index in [4.69, 9.17) is 5.11 Å². The fourth-order valence-corrected chi connectivity index (χ4v) is 1.12. The van der Waals surface area contributed by atoms with Gasteiger partial charge in [0.05, 0.1) is 5.69 Å². The average Bonchev–Trinajstić information content (AvgIpc) is 2.26. The van der Waals surface area contributed by atoms with Gasteiger partial charge in [-0.3, -0.25) is 0 Å². The maximum absolute atomic E-state index is 10.7. The van der Waals surface area contributed by atoms with E-state index in [1.807, 2.05) is 0 Å². The van der Waals surface area contributed by atoms with Crippen molar-refractivity contribution in [3.8, 4) is 0 Å². The normalized spacial score (nSPS) is 11.8. The van der Waals surface area contributed by atoms with Crippen LogP contribution in [0.4, 0.5) is 11.5 Å². The number of carboxylic acid groups (broad SMARTS) is 1. The van der Waals surface area contributed by atoms with Crippen LogP contribution < -0.4 is 5.32 Å². The predicted molar refractivity (Wildman–Crippen MR) is 56.2 cm³/mol. The van der Waals surface area contributed by atoms with Gasteiger partial charge < -0.3 is 20.5 Å². The molecule has 86 valence electrons. The first-order chi connectivity index (χ1) is 7.54. The molecule has 0 saturated carbocycles. The van der Waals surface area contributed by atoms with Crippen LogP contribution in [0.2, 0.25) is 0 Å². The molecule has 1 aromatic heterocycles. The van der Waals surface area contributed by atoms with Crippen molar-refractivity contribution in [3.63, 3.8) is 0 Å². The third kappa shape index (κ3) is 2.91. The fourth-order valence-electron chi connectivity index (χ4n) is 1.12. The van der Waals surface area contributed by atoms with E-state index in [0.717, 1.165) is 0 Å². The monoisotopic (exact) mass is 225 g/mol. The number of aromatic nitrogens is 1. The van der Waals surface area contributed by atoms with Crippen molar-refractivity contribution in [1.82, 2.24) is 4.98 Å². The Morgan fingerprint density at radius 2 is 2.38 bits per heavy atom. The first-order valence-electron chi connectivity index (χ1n) is 4.64. The van der Waals surface area contributed by atoms with Crippen molar-refractivity contribution in [2.45, 2.75) is 19.4 Å². The van der Waals surface area contributed by atoms with Crippen molar-refractivity contribution in [2.75, 3.05) is 5.32 Å². The van der Waals surface area contributed by atoms with Crippen LogP contribution in [-0.4, -0.2) is 27.0 Å². The van der Waals surface area contributed by atoms with Crippen LogP contribution in [0.5, 0.6) is 0 Å². The highest BCUT2D eigenvalue weighted by atomic mass is 16.6. The second kappa shape index (κ2) is 5.06. The zero-order valence-electron chi connectivity index (χ0n) is 8.58. The minimum atomic E-state index is -0.971. The molecule has 0 saturated heterocycles.